The number of ketones is 1. The Morgan fingerprint density at radius 2 is 2.09 bits per heavy atom. The normalized spacial score (nSPS) is 21.9. The van der Waals surface area contributed by atoms with Gasteiger partial charge in [0.1, 0.15) is 5.69 Å². The summed E-state index contributed by atoms with van der Waals surface area (Å²) >= 11 is 0. The zero-order valence-corrected chi connectivity index (χ0v) is 12.8. The maximum Gasteiger partial charge on any atom is 0.186 e. The lowest BCUT2D eigenvalue weighted by Crippen LogP contribution is -2.33. The van der Waals surface area contributed by atoms with E-state index in [1.54, 1.807) is 6.20 Å². The summed E-state index contributed by atoms with van der Waals surface area (Å²) in [4.78, 5) is 17.4. The van der Waals surface area contributed by atoms with Crippen LogP contribution in [0.15, 0.2) is 43.0 Å². The minimum absolute atomic E-state index is 0.0410. The molecule has 5 heteroatoms. The standard InChI is InChI=1S/C18H16N4O/c1-11-8-20-22-7-6-14(18(23)16(11)22)17-13-5-3-2-4-12(13)15-9-19-10-21(15)17/h2-5,8-10,14,17H,6-7H2,1H3. The fourth-order valence-corrected chi connectivity index (χ4v) is 4.12. The van der Waals surface area contributed by atoms with Gasteiger partial charge < -0.3 is 4.57 Å². The third-order valence-electron chi connectivity index (χ3n) is 5.15. The number of Topliss-reactive ketones (excluding diaryl/α,β-unsaturated/α-hetero) is 1. The molecule has 4 heterocycles. The third kappa shape index (κ3) is 1.59. The second kappa shape index (κ2) is 4.41. The largest absolute Gasteiger partial charge is 0.322 e. The second-order valence-electron chi connectivity index (χ2n) is 6.38. The number of fused-ring (bicyclic) bond motifs is 4. The van der Waals surface area contributed by atoms with Crippen molar-refractivity contribution in [1.82, 2.24) is 19.3 Å². The Labute approximate surface area is 133 Å². The van der Waals surface area contributed by atoms with Crippen LogP contribution in [0.25, 0.3) is 11.3 Å². The molecular weight excluding hydrogens is 288 g/mol. The van der Waals surface area contributed by atoms with Gasteiger partial charge in [0.05, 0.1) is 36.4 Å². The predicted octanol–water partition coefficient (Wildman–Crippen LogP) is 2.86. The Bertz CT molecular complexity index is 936. The number of hydrogen-bond donors (Lipinski definition) is 0. The lowest BCUT2D eigenvalue weighted by Gasteiger charge is -2.29. The molecule has 0 saturated heterocycles. The van der Waals surface area contributed by atoms with Crippen molar-refractivity contribution in [2.24, 2.45) is 5.92 Å². The number of aromatic nitrogens is 4. The van der Waals surface area contributed by atoms with Crippen LogP contribution in [-0.4, -0.2) is 25.1 Å². The van der Waals surface area contributed by atoms with Crippen LogP contribution in [-0.2, 0) is 6.54 Å². The number of rotatable bonds is 1. The minimum atomic E-state index is -0.0606. The first kappa shape index (κ1) is 12.8. The number of benzene rings is 1. The molecule has 0 aliphatic carbocycles. The molecule has 114 valence electrons. The van der Waals surface area contributed by atoms with E-state index in [4.69, 9.17) is 0 Å². The number of nitrogens with zero attached hydrogens (tertiary/aromatic N) is 4. The summed E-state index contributed by atoms with van der Waals surface area (Å²) in [5.41, 5.74) is 5.27. The molecular formula is C18H16N4O. The first-order chi connectivity index (χ1) is 11.3. The second-order valence-corrected chi connectivity index (χ2v) is 6.38. The zero-order chi connectivity index (χ0) is 15.6. The van der Waals surface area contributed by atoms with Gasteiger partial charge in [0, 0.05) is 12.1 Å². The van der Waals surface area contributed by atoms with E-state index in [2.05, 4.69) is 32.8 Å². The Morgan fingerprint density at radius 1 is 1.22 bits per heavy atom. The highest BCUT2D eigenvalue weighted by atomic mass is 16.1. The summed E-state index contributed by atoms with van der Waals surface area (Å²) in [6.45, 7) is 2.76. The van der Waals surface area contributed by atoms with Crippen molar-refractivity contribution in [2.45, 2.75) is 25.9 Å². The molecule has 0 N–H and O–H groups in total. The molecule has 3 aromatic rings. The average Bonchev–Trinajstić information content (AvgIpc) is 3.23. The van der Waals surface area contributed by atoms with Crippen LogP contribution < -0.4 is 0 Å². The molecule has 0 amide bonds. The summed E-state index contributed by atoms with van der Waals surface area (Å²) in [6.07, 6.45) is 6.35. The van der Waals surface area contributed by atoms with Crippen LogP contribution in [0, 0.1) is 12.8 Å². The molecule has 5 rings (SSSR count). The maximum atomic E-state index is 13.1. The van der Waals surface area contributed by atoms with Gasteiger partial charge >= 0.3 is 0 Å². The van der Waals surface area contributed by atoms with Crippen LogP contribution in [0.3, 0.4) is 0 Å². The van der Waals surface area contributed by atoms with Crippen molar-refractivity contribution < 1.29 is 4.79 Å². The zero-order valence-electron chi connectivity index (χ0n) is 12.8. The molecule has 2 aromatic heterocycles. The summed E-state index contributed by atoms with van der Waals surface area (Å²) in [7, 11) is 0. The molecule has 0 fully saturated rings. The van der Waals surface area contributed by atoms with E-state index in [1.807, 2.05) is 30.2 Å². The maximum absolute atomic E-state index is 13.1. The van der Waals surface area contributed by atoms with Crippen LogP contribution in [0.4, 0.5) is 0 Å². The van der Waals surface area contributed by atoms with Crippen molar-refractivity contribution in [3.8, 4) is 11.3 Å². The van der Waals surface area contributed by atoms with Gasteiger partial charge in [-0.05, 0) is 24.5 Å². The minimum Gasteiger partial charge on any atom is -0.322 e. The first-order valence-electron chi connectivity index (χ1n) is 7.93. The smallest absolute Gasteiger partial charge is 0.186 e. The third-order valence-corrected chi connectivity index (χ3v) is 5.15. The number of hydrogen-bond acceptors (Lipinski definition) is 3. The SMILES string of the molecule is Cc1cnn2c1C(=O)C(C1c3ccccc3-c3cncn31)CC2. The van der Waals surface area contributed by atoms with E-state index < -0.39 is 0 Å². The van der Waals surface area contributed by atoms with Gasteiger partial charge in [0.2, 0.25) is 0 Å². The number of carbonyl (C=O) groups is 1. The van der Waals surface area contributed by atoms with Gasteiger partial charge in [-0.25, -0.2) is 4.98 Å². The Morgan fingerprint density at radius 3 is 3.00 bits per heavy atom. The van der Waals surface area contributed by atoms with Crippen molar-refractivity contribution in [2.75, 3.05) is 0 Å². The van der Waals surface area contributed by atoms with Gasteiger partial charge in [-0.15, -0.1) is 0 Å². The average molecular weight is 304 g/mol. The molecule has 1 aromatic carbocycles. The van der Waals surface area contributed by atoms with E-state index in [-0.39, 0.29) is 17.7 Å². The van der Waals surface area contributed by atoms with E-state index in [0.717, 1.165) is 29.9 Å². The number of aryl methyl sites for hydroxylation is 2. The lowest BCUT2D eigenvalue weighted by molar-refractivity contribution is 0.0839. The van der Waals surface area contributed by atoms with Crippen molar-refractivity contribution in [1.29, 1.82) is 0 Å². The first-order valence-corrected chi connectivity index (χ1v) is 7.93. The molecule has 2 aliphatic rings. The fraction of sp³-hybridized carbons (Fsp3) is 0.278. The van der Waals surface area contributed by atoms with Gasteiger partial charge in [-0.1, -0.05) is 24.3 Å². The summed E-state index contributed by atoms with van der Waals surface area (Å²) in [5.74, 6) is 0.141. The summed E-state index contributed by atoms with van der Waals surface area (Å²) < 4.78 is 4.01. The Kier molecular flexibility index (Phi) is 2.46. The van der Waals surface area contributed by atoms with Crippen LogP contribution in [0.2, 0.25) is 0 Å². The van der Waals surface area contributed by atoms with E-state index in [9.17, 15) is 4.79 Å². The predicted molar refractivity (Wildman–Crippen MR) is 85.2 cm³/mol. The van der Waals surface area contributed by atoms with E-state index in [1.165, 1.54) is 11.1 Å². The molecule has 0 spiro atoms. The summed E-state index contributed by atoms with van der Waals surface area (Å²) in [5, 5.41) is 4.32. The molecule has 2 atom stereocenters. The van der Waals surface area contributed by atoms with Crippen LogP contribution >= 0.6 is 0 Å². The number of imidazole rings is 1. The summed E-state index contributed by atoms with van der Waals surface area (Å²) in [6, 6.07) is 8.39. The van der Waals surface area contributed by atoms with Crippen molar-refractivity contribution >= 4 is 5.78 Å². The fourth-order valence-electron chi connectivity index (χ4n) is 4.12. The molecule has 2 unspecified atom stereocenters. The highest BCUT2D eigenvalue weighted by Gasteiger charge is 2.41. The van der Waals surface area contributed by atoms with E-state index in [0.29, 0.717) is 0 Å². The van der Waals surface area contributed by atoms with Gasteiger partial charge in [0.25, 0.3) is 0 Å². The van der Waals surface area contributed by atoms with Crippen molar-refractivity contribution in [3.05, 3.63) is 59.8 Å². The molecule has 0 bridgehead atoms. The lowest BCUT2D eigenvalue weighted by atomic mass is 9.83. The van der Waals surface area contributed by atoms with Gasteiger partial charge in [-0.3, -0.25) is 9.48 Å². The molecule has 0 saturated carbocycles. The van der Waals surface area contributed by atoms with E-state index >= 15 is 0 Å². The molecule has 0 radical (unpaired) electrons. The number of carbonyl (C=O) groups excluding carboxylic acids is 1. The molecule has 2 aliphatic heterocycles. The molecule has 23 heavy (non-hydrogen) atoms. The monoisotopic (exact) mass is 304 g/mol. The van der Waals surface area contributed by atoms with Gasteiger partial charge in [-0.2, -0.15) is 5.10 Å². The van der Waals surface area contributed by atoms with Crippen molar-refractivity contribution in [3.63, 3.8) is 0 Å². The topological polar surface area (TPSA) is 52.7 Å². The Hall–Kier alpha value is -2.69. The van der Waals surface area contributed by atoms with Crippen LogP contribution in [0.5, 0.6) is 0 Å². The highest BCUT2D eigenvalue weighted by molar-refractivity contribution is 5.99. The molecule has 5 nitrogen and oxygen atoms in total. The highest BCUT2D eigenvalue weighted by Crippen LogP contribution is 2.45. The van der Waals surface area contributed by atoms with Crippen LogP contribution in [0.1, 0.15) is 34.1 Å². The quantitative estimate of drug-likeness (QED) is 0.694. The Balaban J connectivity index is 1.66. The van der Waals surface area contributed by atoms with Gasteiger partial charge in [0.15, 0.2) is 5.78 Å².